The Bertz CT molecular complexity index is 562. The number of hydrogen-bond acceptors (Lipinski definition) is 4. The van der Waals surface area contributed by atoms with E-state index in [2.05, 4.69) is 35.3 Å². The SMILES string of the molecule is CCCOCCCn1c(C)c(C)c2c(N)ncnc21. The molecule has 2 heterocycles. The number of aromatic nitrogens is 3. The van der Waals surface area contributed by atoms with Crippen molar-refractivity contribution < 1.29 is 4.74 Å². The number of anilines is 1. The molecule has 2 N–H and O–H groups in total. The number of aryl methyl sites for hydroxylation is 2. The van der Waals surface area contributed by atoms with Crippen molar-refractivity contribution in [2.45, 2.75) is 40.2 Å². The van der Waals surface area contributed by atoms with Crippen LogP contribution in [0.2, 0.25) is 0 Å². The molecule has 0 aliphatic rings. The van der Waals surface area contributed by atoms with E-state index in [1.807, 2.05) is 0 Å². The van der Waals surface area contributed by atoms with Gasteiger partial charge in [-0.1, -0.05) is 6.92 Å². The Labute approximate surface area is 113 Å². The Kier molecular flexibility index (Phi) is 4.37. The molecule has 2 aromatic heterocycles. The molecule has 0 amide bonds. The molecule has 0 aliphatic carbocycles. The molecular weight excluding hydrogens is 240 g/mol. The quantitative estimate of drug-likeness (QED) is 0.812. The number of rotatable bonds is 6. The zero-order valence-corrected chi connectivity index (χ0v) is 11.9. The van der Waals surface area contributed by atoms with Crippen LogP contribution in [-0.4, -0.2) is 27.7 Å². The van der Waals surface area contributed by atoms with Gasteiger partial charge in [0.2, 0.25) is 0 Å². The topological polar surface area (TPSA) is 66.0 Å². The van der Waals surface area contributed by atoms with Crippen LogP contribution in [0.1, 0.15) is 31.0 Å². The maximum absolute atomic E-state index is 5.94. The average molecular weight is 262 g/mol. The van der Waals surface area contributed by atoms with Gasteiger partial charge in [0.05, 0.1) is 5.39 Å². The highest BCUT2D eigenvalue weighted by atomic mass is 16.5. The monoisotopic (exact) mass is 262 g/mol. The van der Waals surface area contributed by atoms with Crippen molar-refractivity contribution in [3.63, 3.8) is 0 Å². The highest BCUT2D eigenvalue weighted by Crippen LogP contribution is 2.26. The van der Waals surface area contributed by atoms with Gasteiger partial charge < -0.3 is 15.0 Å². The minimum atomic E-state index is 0.562. The van der Waals surface area contributed by atoms with E-state index in [0.29, 0.717) is 5.82 Å². The van der Waals surface area contributed by atoms with Gasteiger partial charge in [0.25, 0.3) is 0 Å². The van der Waals surface area contributed by atoms with Crippen molar-refractivity contribution in [1.82, 2.24) is 14.5 Å². The summed E-state index contributed by atoms with van der Waals surface area (Å²) in [6.07, 6.45) is 3.57. The molecule has 19 heavy (non-hydrogen) atoms. The molecule has 0 saturated heterocycles. The molecule has 0 aromatic carbocycles. The first kappa shape index (κ1) is 13.8. The third kappa shape index (κ3) is 2.71. The Balaban J connectivity index is 2.19. The van der Waals surface area contributed by atoms with Gasteiger partial charge in [-0.05, 0) is 32.3 Å². The summed E-state index contributed by atoms with van der Waals surface area (Å²) in [7, 11) is 0. The van der Waals surface area contributed by atoms with Crippen molar-refractivity contribution in [3.8, 4) is 0 Å². The minimum Gasteiger partial charge on any atom is -0.383 e. The first-order valence-corrected chi connectivity index (χ1v) is 6.80. The Morgan fingerprint density at radius 2 is 2.05 bits per heavy atom. The molecule has 104 valence electrons. The number of nitrogens with two attached hydrogens (primary N) is 1. The predicted octanol–water partition coefficient (Wildman–Crippen LogP) is 2.45. The highest BCUT2D eigenvalue weighted by Gasteiger charge is 2.14. The molecule has 5 nitrogen and oxygen atoms in total. The van der Waals surface area contributed by atoms with Crippen LogP contribution in [0.15, 0.2) is 6.33 Å². The summed E-state index contributed by atoms with van der Waals surface area (Å²) in [5.74, 6) is 0.562. The second kappa shape index (κ2) is 6.02. The smallest absolute Gasteiger partial charge is 0.145 e. The molecule has 2 rings (SSSR count). The van der Waals surface area contributed by atoms with Crippen molar-refractivity contribution in [3.05, 3.63) is 17.6 Å². The lowest BCUT2D eigenvalue weighted by Crippen LogP contribution is -2.05. The Morgan fingerprint density at radius 3 is 2.79 bits per heavy atom. The van der Waals surface area contributed by atoms with E-state index >= 15 is 0 Å². The van der Waals surface area contributed by atoms with Crippen LogP contribution in [0.5, 0.6) is 0 Å². The second-order valence-electron chi connectivity index (χ2n) is 4.79. The maximum atomic E-state index is 5.94. The first-order valence-electron chi connectivity index (χ1n) is 6.80. The lowest BCUT2D eigenvalue weighted by Gasteiger charge is -2.08. The van der Waals surface area contributed by atoms with Gasteiger partial charge in [-0.2, -0.15) is 0 Å². The van der Waals surface area contributed by atoms with Crippen LogP contribution in [0.25, 0.3) is 11.0 Å². The fourth-order valence-corrected chi connectivity index (χ4v) is 2.34. The van der Waals surface area contributed by atoms with Gasteiger partial charge in [0.1, 0.15) is 17.8 Å². The zero-order valence-electron chi connectivity index (χ0n) is 11.9. The van der Waals surface area contributed by atoms with Crippen LogP contribution in [0, 0.1) is 13.8 Å². The minimum absolute atomic E-state index is 0.562. The van der Waals surface area contributed by atoms with Gasteiger partial charge in [0, 0.05) is 25.5 Å². The number of nitrogens with zero attached hydrogens (tertiary/aromatic N) is 3. The van der Waals surface area contributed by atoms with E-state index in [1.54, 1.807) is 0 Å². The Morgan fingerprint density at radius 1 is 1.26 bits per heavy atom. The number of nitrogen functional groups attached to an aromatic ring is 1. The van der Waals surface area contributed by atoms with E-state index in [0.717, 1.165) is 43.6 Å². The Hall–Kier alpha value is -1.62. The first-order chi connectivity index (χ1) is 9.16. The summed E-state index contributed by atoms with van der Waals surface area (Å²) in [6, 6.07) is 0. The van der Waals surface area contributed by atoms with Crippen molar-refractivity contribution in [1.29, 1.82) is 0 Å². The summed E-state index contributed by atoms with van der Waals surface area (Å²) in [4.78, 5) is 8.44. The second-order valence-corrected chi connectivity index (χ2v) is 4.79. The molecule has 0 unspecified atom stereocenters. The number of fused-ring (bicyclic) bond motifs is 1. The fourth-order valence-electron chi connectivity index (χ4n) is 2.34. The van der Waals surface area contributed by atoms with Crippen molar-refractivity contribution >= 4 is 16.9 Å². The predicted molar refractivity (Wildman–Crippen MR) is 77.1 cm³/mol. The lowest BCUT2D eigenvalue weighted by atomic mass is 10.2. The third-order valence-corrected chi connectivity index (χ3v) is 3.45. The number of ether oxygens (including phenoxy) is 1. The molecule has 0 aliphatic heterocycles. The molecule has 0 atom stereocenters. The molecule has 0 radical (unpaired) electrons. The summed E-state index contributed by atoms with van der Waals surface area (Å²) >= 11 is 0. The average Bonchev–Trinajstić information content (AvgIpc) is 2.64. The van der Waals surface area contributed by atoms with Gasteiger partial charge in [-0.3, -0.25) is 0 Å². The van der Waals surface area contributed by atoms with Crippen molar-refractivity contribution in [2.75, 3.05) is 18.9 Å². The normalized spacial score (nSPS) is 11.3. The van der Waals surface area contributed by atoms with Gasteiger partial charge in [-0.15, -0.1) is 0 Å². The molecule has 0 spiro atoms. The summed E-state index contributed by atoms with van der Waals surface area (Å²) in [5.41, 5.74) is 9.25. The lowest BCUT2D eigenvalue weighted by molar-refractivity contribution is 0.129. The highest BCUT2D eigenvalue weighted by molar-refractivity contribution is 5.90. The summed E-state index contributed by atoms with van der Waals surface area (Å²) in [5, 5.41) is 0.981. The van der Waals surface area contributed by atoms with Crippen LogP contribution in [0.3, 0.4) is 0 Å². The fraction of sp³-hybridized carbons (Fsp3) is 0.571. The summed E-state index contributed by atoms with van der Waals surface area (Å²) in [6.45, 7) is 8.81. The standard InChI is InChI=1S/C14H22N4O/c1-4-7-19-8-5-6-18-11(3)10(2)12-13(15)16-9-17-14(12)18/h9H,4-8H2,1-3H3,(H2,15,16,17). The van der Waals surface area contributed by atoms with E-state index in [9.17, 15) is 0 Å². The van der Waals surface area contributed by atoms with Gasteiger partial charge in [-0.25, -0.2) is 9.97 Å². The third-order valence-electron chi connectivity index (χ3n) is 3.45. The van der Waals surface area contributed by atoms with E-state index in [4.69, 9.17) is 10.5 Å². The molecule has 0 fully saturated rings. The molecule has 2 aromatic rings. The molecule has 0 saturated carbocycles. The van der Waals surface area contributed by atoms with Crippen LogP contribution in [0.4, 0.5) is 5.82 Å². The van der Waals surface area contributed by atoms with E-state index in [-0.39, 0.29) is 0 Å². The largest absolute Gasteiger partial charge is 0.383 e. The summed E-state index contributed by atoms with van der Waals surface area (Å²) < 4.78 is 7.72. The molecule has 5 heteroatoms. The van der Waals surface area contributed by atoms with Gasteiger partial charge >= 0.3 is 0 Å². The van der Waals surface area contributed by atoms with E-state index < -0.39 is 0 Å². The zero-order chi connectivity index (χ0) is 13.8. The molecule has 0 bridgehead atoms. The van der Waals surface area contributed by atoms with Crippen LogP contribution in [-0.2, 0) is 11.3 Å². The van der Waals surface area contributed by atoms with Gasteiger partial charge in [0.15, 0.2) is 0 Å². The molecular formula is C14H22N4O. The van der Waals surface area contributed by atoms with E-state index in [1.165, 1.54) is 17.6 Å². The maximum Gasteiger partial charge on any atom is 0.145 e. The van der Waals surface area contributed by atoms with Crippen LogP contribution >= 0.6 is 0 Å². The van der Waals surface area contributed by atoms with Crippen molar-refractivity contribution in [2.24, 2.45) is 0 Å². The van der Waals surface area contributed by atoms with Crippen LogP contribution < -0.4 is 5.73 Å². The number of hydrogen-bond donors (Lipinski definition) is 1.